The van der Waals surface area contributed by atoms with Crippen LogP contribution in [-0.4, -0.2) is 52.4 Å². The molecule has 0 spiro atoms. The van der Waals surface area contributed by atoms with E-state index in [4.69, 9.17) is 26.2 Å². The lowest BCUT2D eigenvalue weighted by Gasteiger charge is -2.15. The highest BCUT2D eigenvalue weighted by Crippen LogP contribution is 2.16. The summed E-state index contributed by atoms with van der Waals surface area (Å²) < 4.78 is 13.6. The van der Waals surface area contributed by atoms with E-state index >= 15 is 0 Å². The van der Waals surface area contributed by atoms with Crippen molar-refractivity contribution in [1.29, 1.82) is 0 Å². The summed E-state index contributed by atoms with van der Waals surface area (Å²) in [4.78, 5) is 30.0. The average molecular weight is 468 g/mol. The van der Waals surface area contributed by atoms with Gasteiger partial charge >= 0.3 is 5.69 Å². The summed E-state index contributed by atoms with van der Waals surface area (Å²) in [6.45, 7) is 8.50. The third-order valence-corrected chi connectivity index (χ3v) is 4.79. The summed E-state index contributed by atoms with van der Waals surface area (Å²) in [7, 11) is 1.56. The van der Waals surface area contributed by atoms with Gasteiger partial charge in [-0.05, 0) is 45.8 Å². The van der Waals surface area contributed by atoms with Crippen LogP contribution in [0.3, 0.4) is 0 Å². The number of aliphatic hydroxyl groups is 1. The number of aliphatic hydroxyl groups excluding tert-OH is 1. The van der Waals surface area contributed by atoms with Gasteiger partial charge in [0.05, 0.1) is 12.2 Å². The van der Waals surface area contributed by atoms with Crippen LogP contribution in [0.5, 0.6) is 0 Å². The van der Waals surface area contributed by atoms with Crippen LogP contribution < -0.4 is 11.2 Å². The fraction of sp³-hybridized carbons (Fsp3) is 0.522. The van der Waals surface area contributed by atoms with E-state index in [1.54, 1.807) is 14.0 Å². The standard InChI is InChI=1S/C23H34ClN3O5/c1-6-19(10-8-11-24)16-17(3)21(32-15-14-31-7-2)25-20-18(4)22(29)27(12-9-13-28)23(30)26(20)5/h6,8,10,16,28H,7,9,11-15H2,1-5H3. The van der Waals surface area contributed by atoms with Crippen LogP contribution >= 0.6 is 11.6 Å². The van der Waals surface area contributed by atoms with Crippen molar-refractivity contribution in [2.24, 2.45) is 12.0 Å². The van der Waals surface area contributed by atoms with Crippen LogP contribution in [0, 0.1) is 6.92 Å². The molecule has 0 aliphatic heterocycles. The zero-order valence-corrected chi connectivity index (χ0v) is 20.3. The van der Waals surface area contributed by atoms with Crippen molar-refractivity contribution in [2.75, 3.05) is 32.3 Å². The van der Waals surface area contributed by atoms with Crippen molar-refractivity contribution in [2.45, 2.75) is 40.7 Å². The first-order valence-electron chi connectivity index (χ1n) is 10.6. The number of allylic oxidation sites excluding steroid dienone is 5. The second-order valence-corrected chi connectivity index (χ2v) is 7.27. The molecule has 0 aliphatic carbocycles. The molecule has 8 nitrogen and oxygen atoms in total. The lowest BCUT2D eigenvalue weighted by Crippen LogP contribution is -2.40. The molecule has 1 aromatic rings. The maximum atomic E-state index is 12.8. The molecule has 32 heavy (non-hydrogen) atoms. The lowest BCUT2D eigenvalue weighted by atomic mass is 10.1. The van der Waals surface area contributed by atoms with Crippen molar-refractivity contribution < 1.29 is 14.6 Å². The number of hydrogen-bond donors (Lipinski definition) is 1. The van der Waals surface area contributed by atoms with E-state index in [-0.39, 0.29) is 31.5 Å². The Morgan fingerprint density at radius 1 is 1.28 bits per heavy atom. The predicted octanol–water partition coefficient (Wildman–Crippen LogP) is 3.01. The summed E-state index contributed by atoms with van der Waals surface area (Å²) in [6.07, 6.45) is 7.84. The molecule has 9 heteroatoms. The van der Waals surface area contributed by atoms with Crippen molar-refractivity contribution in [3.63, 3.8) is 0 Å². The molecular formula is C23H34ClN3O5. The first-order chi connectivity index (χ1) is 15.3. The molecule has 0 radical (unpaired) electrons. The molecular weight excluding hydrogens is 434 g/mol. The van der Waals surface area contributed by atoms with Gasteiger partial charge in [0.15, 0.2) is 0 Å². The minimum Gasteiger partial charge on any atom is -0.475 e. The first-order valence-corrected chi connectivity index (χ1v) is 11.1. The molecule has 1 rings (SSSR count). The van der Waals surface area contributed by atoms with E-state index < -0.39 is 11.2 Å². The van der Waals surface area contributed by atoms with Crippen LogP contribution in [0.2, 0.25) is 0 Å². The minimum absolute atomic E-state index is 0.109. The van der Waals surface area contributed by atoms with E-state index in [1.807, 2.05) is 45.1 Å². The normalized spacial score (nSPS) is 13.3. The molecule has 0 fully saturated rings. The molecule has 0 aromatic carbocycles. The van der Waals surface area contributed by atoms with Gasteiger partial charge in [0.25, 0.3) is 5.56 Å². The van der Waals surface area contributed by atoms with E-state index in [1.165, 1.54) is 4.57 Å². The fourth-order valence-corrected chi connectivity index (χ4v) is 2.97. The van der Waals surface area contributed by atoms with E-state index in [9.17, 15) is 9.59 Å². The number of alkyl halides is 1. The zero-order valence-electron chi connectivity index (χ0n) is 19.6. The Balaban J connectivity index is 3.53. The number of rotatable bonds is 12. The van der Waals surface area contributed by atoms with E-state index in [2.05, 4.69) is 4.99 Å². The maximum absolute atomic E-state index is 12.8. The minimum atomic E-state index is -0.498. The van der Waals surface area contributed by atoms with Gasteiger partial charge in [0.1, 0.15) is 12.4 Å². The Morgan fingerprint density at radius 3 is 2.59 bits per heavy atom. The third-order valence-electron chi connectivity index (χ3n) is 4.61. The van der Waals surface area contributed by atoms with Crippen molar-refractivity contribution >= 4 is 23.3 Å². The number of aromatic nitrogens is 2. The summed E-state index contributed by atoms with van der Waals surface area (Å²) in [5.74, 6) is 0.899. The Labute approximate surface area is 194 Å². The number of hydrogen-bond acceptors (Lipinski definition) is 6. The highest BCUT2D eigenvalue weighted by atomic mass is 35.5. The van der Waals surface area contributed by atoms with Gasteiger partial charge in [0, 0.05) is 38.3 Å². The molecule has 0 saturated carbocycles. The van der Waals surface area contributed by atoms with Crippen LogP contribution in [0.15, 0.2) is 50.0 Å². The predicted molar refractivity (Wildman–Crippen MR) is 129 cm³/mol. The Morgan fingerprint density at radius 2 is 2.00 bits per heavy atom. The topological polar surface area (TPSA) is 95.1 Å². The van der Waals surface area contributed by atoms with Gasteiger partial charge in [-0.25, -0.2) is 4.79 Å². The van der Waals surface area contributed by atoms with Crippen LogP contribution in [-0.2, 0) is 23.1 Å². The molecule has 0 amide bonds. The Bertz CT molecular complexity index is 949. The molecule has 1 N–H and O–H groups in total. The average Bonchev–Trinajstić information content (AvgIpc) is 2.79. The summed E-state index contributed by atoms with van der Waals surface area (Å²) in [6, 6.07) is 0. The Hall–Kier alpha value is -2.42. The molecule has 0 aliphatic rings. The molecule has 178 valence electrons. The molecule has 0 bridgehead atoms. The van der Waals surface area contributed by atoms with Gasteiger partial charge in [0.2, 0.25) is 5.90 Å². The maximum Gasteiger partial charge on any atom is 0.332 e. The van der Waals surface area contributed by atoms with Gasteiger partial charge in [-0.3, -0.25) is 13.9 Å². The third kappa shape index (κ3) is 7.93. The van der Waals surface area contributed by atoms with Gasteiger partial charge in [-0.2, -0.15) is 4.99 Å². The number of nitrogens with zero attached hydrogens (tertiary/aromatic N) is 3. The summed E-state index contributed by atoms with van der Waals surface area (Å²) in [5, 5.41) is 9.05. The lowest BCUT2D eigenvalue weighted by molar-refractivity contribution is 0.106. The largest absolute Gasteiger partial charge is 0.475 e. The highest BCUT2D eigenvalue weighted by Gasteiger charge is 2.16. The fourth-order valence-electron chi connectivity index (χ4n) is 2.89. The van der Waals surface area contributed by atoms with Crippen molar-refractivity contribution in [3.8, 4) is 0 Å². The second-order valence-electron chi connectivity index (χ2n) is 6.96. The molecule has 1 heterocycles. The number of aliphatic imine (C=N–C) groups is 1. The van der Waals surface area contributed by atoms with E-state index in [0.29, 0.717) is 36.7 Å². The molecule has 0 unspecified atom stereocenters. The molecule has 1 aromatic heterocycles. The van der Waals surface area contributed by atoms with Gasteiger partial charge in [-0.15, -0.1) is 11.6 Å². The smallest absolute Gasteiger partial charge is 0.332 e. The molecule has 0 saturated heterocycles. The number of halogens is 1. The van der Waals surface area contributed by atoms with Crippen LogP contribution in [0.1, 0.15) is 32.8 Å². The quantitative estimate of drug-likeness (QED) is 0.168. The van der Waals surface area contributed by atoms with Gasteiger partial charge < -0.3 is 14.6 Å². The van der Waals surface area contributed by atoms with Crippen LogP contribution in [0.25, 0.3) is 0 Å². The first kappa shape index (κ1) is 27.6. The second kappa shape index (κ2) is 14.6. The monoisotopic (exact) mass is 467 g/mol. The van der Waals surface area contributed by atoms with E-state index in [0.717, 1.165) is 10.1 Å². The van der Waals surface area contributed by atoms with Crippen molar-refractivity contribution in [1.82, 2.24) is 9.13 Å². The summed E-state index contributed by atoms with van der Waals surface area (Å²) in [5.41, 5.74) is 1.01. The Kier molecular flexibility index (Phi) is 12.6. The SMILES string of the molecule is CC=C(C=CCCl)C=C(C)C(=Nc1c(C)c(=O)n(CCCO)c(=O)n1C)OCCOCC. The highest BCUT2D eigenvalue weighted by molar-refractivity contribution is 6.18. The molecule has 0 atom stereocenters. The summed E-state index contributed by atoms with van der Waals surface area (Å²) >= 11 is 5.74. The van der Waals surface area contributed by atoms with Crippen LogP contribution in [0.4, 0.5) is 5.82 Å². The van der Waals surface area contributed by atoms with Gasteiger partial charge in [-0.1, -0.05) is 18.2 Å². The number of ether oxygens (including phenoxy) is 2. The zero-order chi connectivity index (χ0) is 24.1. The van der Waals surface area contributed by atoms with Crippen molar-refractivity contribution in [3.05, 3.63) is 61.9 Å².